The van der Waals surface area contributed by atoms with Crippen molar-refractivity contribution in [3.8, 4) is 0 Å². The minimum atomic E-state index is -0.495. The fraction of sp³-hybridized carbons (Fsp3) is 0.800. The van der Waals surface area contributed by atoms with E-state index in [2.05, 4.69) is 4.74 Å². The van der Waals surface area contributed by atoms with Gasteiger partial charge in [0.2, 0.25) is 0 Å². The molecule has 1 aliphatic rings. The summed E-state index contributed by atoms with van der Waals surface area (Å²) in [5, 5.41) is 0. The van der Waals surface area contributed by atoms with E-state index in [1.54, 1.807) is 0 Å². The lowest BCUT2D eigenvalue weighted by molar-refractivity contribution is -0.150. The van der Waals surface area contributed by atoms with Crippen molar-refractivity contribution in [1.29, 1.82) is 0 Å². The van der Waals surface area contributed by atoms with E-state index in [0.717, 1.165) is 6.42 Å². The lowest BCUT2D eigenvalue weighted by atomic mass is 9.86. The largest absolute Gasteiger partial charge is 0.468 e. The summed E-state index contributed by atoms with van der Waals surface area (Å²) in [4.78, 5) is 22.7. The molecule has 2 atom stereocenters. The fourth-order valence-electron chi connectivity index (χ4n) is 2.02. The van der Waals surface area contributed by atoms with Gasteiger partial charge in [-0.25, -0.2) is 0 Å². The van der Waals surface area contributed by atoms with Gasteiger partial charge in [0.05, 0.1) is 7.11 Å². The van der Waals surface area contributed by atoms with E-state index in [9.17, 15) is 9.59 Å². The Labute approximate surface area is 78.5 Å². The third-order valence-corrected chi connectivity index (χ3v) is 2.81. The van der Waals surface area contributed by atoms with Crippen LogP contribution in [0.25, 0.3) is 0 Å². The molecule has 13 heavy (non-hydrogen) atoms. The van der Waals surface area contributed by atoms with Crippen LogP contribution in [0.5, 0.6) is 0 Å². The molecule has 0 spiro atoms. The topological polar surface area (TPSA) is 43.4 Å². The molecule has 1 aliphatic carbocycles. The average Bonchev–Trinajstić information content (AvgIpc) is 2.46. The zero-order chi connectivity index (χ0) is 10.0. The molecule has 0 aromatic carbocycles. The number of Topliss-reactive ketones (excluding diaryl/α,β-unsaturated/α-hetero) is 1. The Morgan fingerprint density at radius 2 is 2.15 bits per heavy atom. The third-order valence-electron chi connectivity index (χ3n) is 2.81. The molecular weight excluding hydrogens is 168 g/mol. The van der Waals surface area contributed by atoms with Gasteiger partial charge in [0.25, 0.3) is 0 Å². The number of ketones is 1. The van der Waals surface area contributed by atoms with Crippen LogP contribution in [-0.2, 0) is 14.3 Å². The third kappa shape index (κ3) is 1.90. The van der Waals surface area contributed by atoms with E-state index in [-0.39, 0.29) is 17.7 Å². The average molecular weight is 184 g/mol. The molecule has 3 heteroatoms. The van der Waals surface area contributed by atoms with Crippen molar-refractivity contribution in [2.45, 2.75) is 26.7 Å². The molecule has 0 amide bonds. The first-order valence-electron chi connectivity index (χ1n) is 4.68. The highest BCUT2D eigenvalue weighted by molar-refractivity contribution is 6.00. The van der Waals surface area contributed by atoms with Crippen LogP contribution in [0.2, 0.25) is 0 Å². The quantitative estimate of drug-likeness (QED) is 0.481. The minimum Gasteiger partial charge on any atom is -0.468 e. The van der Waals surface area contributed by atoms with Crippen molar-refractivity contribution in [3.05, 3.63) is 0 Å². The molecule has 1 rings (SSSR count). The predicted molar refractivity (Wildman–Crippen MR) is 48.1 cm³/mol. The summed E-state index contributed by atoms with van der Waals surface area (Å²) < 4.78 is 4.63. The lowest BCUT2D eigenvalue weighted by Gasteiger charge is -2.19. The van der Waals surface area contributed by atoms with E-state index in [1.165, 1.54) is 7.11 Å². The Bertz CT molecular complexity index is 220. The van der Waals surface area contributed by atoms with Crippen LogP contribution < -0.4 is 0 Å². The second kappa shape index (κ2) is 3.90. The highest BCUT2D eigenvalue weighted by Gasteiger charge is 2.41. The van der Waals surface area contributed by atoms with Crippen molar-refractivity contribution in [3.63, 3.8) is 0 Å². The number of rotatable bonds is 2. The number of hydrogen-bond donors (Lipinski definition) is 0. The zero-order valence-electron chi connectivity index (χ0n) is 8.37. The molecule has 0 aromatic heterocycles. The lowest BCUT2D eigenvalue weighted by Crippen LogP contribution is -2.28. The van der Waals surface area contributed by atoms with Gasteiger partial charge in [0, 0.05) is 6.42 Å². The summed E-state index contributed by atoms with van der Waals surface area (Å²) in [6.07, 6.45) is 1.36. The molecule has 0 unspecified atom stereocenters. The van der Waals surface area contributed by atoms with Crippen LogP contribution in [-0.4, -0.2) is 18.9 Å². The summed E-state index contributed by atoms with van der Waals surface area (Å²) >= 11 is 0. The Balaban J connectivity index is 2.77. The van der Waals surface area contributed by atoms with Crippen molar-refractivity contribution >= 4 is 11.8 Å². The van der Waals surface area contributed by atoms with Crippen molar-refractivity contribution in [2.24, 2.45) is 17.8 Å². The van der Waals surface area contributed by atoms with Crippen molar-refractivity contribution in [1.82, 2.24) is 0 Å². The first-order valence-corrected chi connectivity index (χ1v) is 4.68. The number of carbonyl (C=O) groups excluding carboxylic acids is 2. The smallest absolute Gasteiger partial charge is 0.316 e. The number of esters is 1. The first-order chi connectivity index (χ1) is 6.07. The van der Waals surface area contributed by atoms with Crippen LogP contribution >= 0.6 is 0 Å². The maximum atomic E-state index is 11.4. The van der Waals surface area contributed by atoms with Gasteiger partial charge in [-0.15, -0.1) is 0 Å². The molecule has 3 nitrogen and oxygen atoms in total. The molecule has 1 saturated carbocycles. The summed E-state index contributed by atoms with van der Waals surface area (Å²) in [7, 11) is 1.34. The number of hydrogen-bond acceptors (Lipinski definition) is 3. The van der Waals surface area contributed by atoms with Gasteiger partial charge in [-0.05, 0) is 18.3 Å². The van der Waals surface area contributed by atoms with Gasteiger partial charge in [-0.2, -0.15) is 0 Å². The van der Waals surface area contributed by atoms with E-state index < -0.39 is 5.92 Å². The van der Waals surface area contributed by atoms with E-state index in [4.69, 9.17) is 0 Å². The maximum Gasteiger partial charge on any atom is 0.316 e. The molecule has 0 aromatic rings. The van der Waals surface area contributed by atoms with E-state index in [0.29, 0.717) is 12.3 Å². The summed E-state index contributed by atoms with van der Waals surface area (Å²) in [6.45, 7) is 4.08. The standard InChI is InChI=1S/C10H16O3/c1-6(2)7-4-5-8(11)9(7)10(12)13-3/h6-7,9H,4-5H2,1-3H3/t7-,9-/m1/s1. The Morgan fingerprint density at radius 1 is 1.54 bits per heavy atom. The molecule has 74 valence electrons. The first kappa shape index (κ1) is 10.2. The Kier molecular flexibility index (Phi) is 3.07. The summed E-state index contributed by atoms with van der Waals surface area (Å²) in [5.41, 5.74) is 0. The molecule has 0 saturated heterocycles. The van der Waals surface area contributed by atoms with E-state index >= 15 is 0 Å². The SMILES string of the molecule is COC(=O)[C@H]1C(=O)CC[C@@H]1C(C)C. The Morgan fingerprint density at radius 3 is 2.62 bits per heavy atom. The molecule has 0 heterocycles. The minimum absolute atomic E-state index is 0.0468. The maximum absolute atomic E-state index is 11.4. The van der Waals surface area contributed by atoms with Crippen LogP contribution in [0.15, 0.2) is 0 Å². The number of ether oxygens (including phenoxy) is 1. The monoisotopic (exact) mass is 184 g/mol. The van der Waals surface area contributed by atoms with Crippen molar-refractivity contribution in [2.75, 3.05) is 7.11 Å². The highest BCUT2D eigenvalue weighted by Crippen LogP contribution is 2.34. The predicted octanol–water partition coefficient (Wildman–Crippen LogP) is 1.41. The fourth-order valence-corrected chi connectivity index (χ4v) is 2.02. The van der Waals surface area contributed by atoms with Gasteiger partial charge in [0.1, 0.15) is 11.7 Å². The van der Waals surface area contributed by atoms with Gasteiger partial charge in [-0.1, -0.05) is 13.8 Å². The zero-order valence-corrected chi connectivity index (χ0v) is 8.37. The second-order valence-electron chi connectivity index (χ2n) is 3.91. The Hall–Kier alpha value is -0.860. The van der Waals surface area contributed by atoms with Crippen molar-refractivity contribution < 1.29 is 14.3 Å². The molecule has 0 radical (unpaired) electrons. The summed E-state index contributed by atoms with van der Waals surface area (Å²) in [6, 6.07) is 0. The normalized spacial score (nSPS) is 28.2. The van der Waals surface area contributed by atoms with Crippen LogP contribution in [0, 0.1) is 17.8 Å². The highest BCUT2D eigenvalue weighted by atomic mass is 16.5. The van der Waals surface area contributed by atoms with Gasteiger partial charge < -0.3 is 4.74 Å². The van der Waals surface area contributed by atoms with Crippen LogP contribution in [0.4, 0.5) is 0 Å². The molecule has 0 bridgehead atoms. The summed E-state index contributed by atoms with van der Waals surface area (Å²) in [5.74, 6) is -0.257. The molecule has 0 aliphatic heterocycles. The van der Waals surface area contributed by atoms with Crippen LogP contribution in [0.1, 0.15) is 26.7 Å². The van der Waals surface area contributed by atoms with E-state index in [1.807, 2.05) is 13.8 Å². The second-order valence-corrected chi connectivity index (χ2v) is 3.91. The van der Waals surface area contributed by atoms with Crippen LogP contribution in [0.3, 0.4) is 0 Å². The van der Waals surface area contributed by atoms with Gasteiger partial charge in [0.15, 0.2) is 0 Å². The number of carbonyl (C=O) groups is 2. The molecule has 0 N–H and O–H groups in total. The molecular formula is C10H16O3. The number of methoxy groups -OCH3 is 1. The van der Waals surface area contributed by atoms with Gasteiger partial charge >= 0.3 is 5.97 Å². The molecule has 1 fully saturated rings. The van der Waals surface area contributed by atoms with Gasteiger partial charge in [-0.3, -0.25) is 9.59 Å².